The van der Waals surface area contributed by atoms with Crippen LogP contribution in [0.4, 0.5) is 0 Å². The summed E-state index contributed by atoms with van der Waals surface area (Å²) in [5.74, 6) is 6.18. The largest absolute Gasteiger partial charge is 0.381 e. The minimum Gasteiger partial charge on any atom is -0.381 e. The van der Waals surface area contributed by atoms with Gasteiger partial charge in [-0.05, 0) is 37.7 Å². The molecule has 0 bridgehead atoms. The maximum absolute atomic E-state index is 11.1. The lowest BCUT2D eigenvalue weighted by molar-refractivity contribution is -0.154. The van der Waals surface area contributed by atoms with Crippen LogP contribution in [-0.2, 0) is 15.9 Å². The molecule has 24 heavy (non-hydrogen) atoms. The Balaban J connectivity index is 1.93. The molecule has 1 heterocycles. The molecule has 1 saturated heterocycles. The minimum absolute atomic E-state index is 0.127. The van der Waals surface area contributed by atoms with Crippen LogP contribution >= 0.6 is 0 Å². The van der Waals surface area contributed by atoms with E-state index in [4.69, 9.17) is 9.47 Å². The minimum atomic E-state index is -1.86. The van der Waals surface area contributed by atoms with Gasteiger partial charge in [0.05, 0.1) is 8.07 Å². The second-order valence-corrected chi connectivity index (χ2v) is 12.8. The van der Waals surface area contributed by atoms with E-state index in [1.165, 1.54) is 5.56 Å². The molecule has 1 fully saturated rings. The Hall–Kier alpha value is -1.12. The summed E-state index contributed by atoms with van der Waals surface area (Å²) in [6.45, 7) is 7.59. The predicted octanol–water partition coefficient (Wildman–Crippen LogP) is 3.77. The number of ether oxygens (including phenoxy) is 2. The summed E-state index contributed by atoms with van der Waals surface area (Å²) in [6, 6.07) is 10.3. The molecule has 0 saturated carbocycles. The van der Waals surface area contributed by atoms with E-state index in [1.54, 1.807) is 0 Å². The lowest BCUT2D eigenvalue weighted by Crippen LogP contribution is -2.51. The van der Waals surface area contributed by atoms with Crippen LogP contribution < -0.4 is 0 Å². The van der Waals surface area contributed by atoms with E-state index >= 15 is 0 Å². The molecule has 0 radical (unpaired) electrons. The highest BCUT2D eigenvalue weighted by Gasteiger charge is 2.39. The fraction of sp³-hybridized carbons (Fsp3) is 0.600. The van der Waals surface area contributed by atoms with Gasteiger partial charge in [0.15, 0.2) is 6.29 Å². The average molecular weight is 347 g/mol. The maximum Gasteiger partial charge on any atom is 0.158 e. The van der Waals surface area contributed by atoms with Crippen LogP contribution in [0.3, 0.4) is 0 Å². The third-order valence-electron chi connectivity index (χ3n) is 4.63. The number of benzene rings is 1. The monoisotopic (exact) mass is 346 g/mol. The highest BCUT2D eigenvalue weighted by Crippen LogP contribution is 2.25. The summed E-state index contributed by atoms with van der Waals surface area (Å²) >= 11 is 0. The number of rotatable bonds is 6. The van der Waals surface area contributed by atoms with Gasteiger partial charge in [0.25, 0.3) is 0 Å². The van der Waals surface area contributed by atoms with E-state index < -0.39 is 13.3 Å². The molecule has 1 N–H and O–H groups in total. The lowest BCUT2D eigenvalue weighted by atomic mass is 10.1. The van der Waals surface area contributed by atoms with Crippen molar-refractivity contribution in [2.45, 2.75) is 63.3 Å². The van der Waals surface area contributed by atoms with Crippen molar-refractivity contribution in [1.29, 1.82) is 0 Å². The molecule has 1 aliphatic rings. The zero-order chi connectivity index (χ0) is 17.5. The number of hydrogen-bond donors (Lipinski definition) is 1. The Morgan fingerprint density at radius 2 is 2.00 bits per heavy atom. The third-order valence-corrected chi connectivity index (χ3v) is 7.49. The first-order valence-electron chi connectivity index (χ1n) is 8.90. The van der Waals surface area contributed by atoms with Gasteiger partial charge in [-0.15, -0.1) is 0 Å². The molecule has 1 aliphatic heterocycles. The topological polar surface area (TPSA) is 38.7 Å². The SMILES string of the molecule is C[Si](C)(C)C(O)(C#CCOC1CCCCO1)CCc1ccccc1. The predicted molar refractivity (Wildman–Crippen MR) is 100 cm³/mol. The molecular formula is C20H30O3Si. The van der Waals surface area contributed by atoms with Crippen LogP contribution in [0.15, 0.2) is 30.3 Å². The van der Waals surface area contributed by atoms with E-state index in [0.717, 1.165) is 32.3 Å². The molecule has 4 heteroatoms. The van der Waals surface area contributed by atoms with Gasteiger partial charge in [0.1, 0.15) is 11.8 Å². The Morgan fingerprint density at radius 3 is 2.62 bits per heavy atom. The van der Waals surface area contributed by atoms with Crippen LogP contribution in [0, 0.1) is 11.8 Å². The summed E-state index contributed by atoms with van der Waals surface area (Å²) in [5, 5.41) is 10.2. The van der Waals surface area contributed by atoms with Crippen molar-refractivity contribution in [2.24, 2.45) is 0 Å². The molecule has 1 aromatic carbocycles. The standard InChI is InChI=1S/C20H30O3Si/c1-24(2,3)20(21,15-13-18-10-5-4-6-11-18)14-9-17-23-19-12-7-8-16-22-19/h4-6,10-11,19,21H,7-8,12-13,15-17H2,1-3H3. The molecule has 0 spiro atoms. The van der Waals surface area contributed by atoms with Crippen molar-refractivity contribution in [3.05, 3.63) is 35.9 Å². The third kappa shape index (κ3) is 5.75. The summed E-state index contributed by atoms with van der Waals surface area (Å²) in [7, 11) is -1.86. The van der Waals surface area contributed by atoms with Gasteiger partial charge < -0.3 is 14.6 Å². The number of hydrogen-bond acceptors (Lipinski definition) is 3. The Morgan fingerprint density at radius 1 is 1.25 bits per heavy atom. The van der Waals surface area contributed by atoms with Crippen molar-refractivity contribution >= 4 is 8.07 Å². The van der Waals surface area contributed by atoms with Gasteiger partial charge in [-0.2, -0.15) is 0 Å². The van der Waals surface area contributed by atoms with Crippen molar-refractivity contribution in [2.75, 3.05) is 13.2 Å². The normalized spacial score (nSPS) is 20.8. The fourth-order valence-corrected chi connectivity index (χ4v) is 4.09. The van der Waals surface area contributed by atoms with Gasteiger partial charge in [-0.3, -0.25) is 0 Å². The van der Waals surface area contributed by atoms with Crippen LogP contribution in [0.1, 0.15) is 31.2 Å². The molecule has 2 atom stereocenters. The molecule has 3 nitrogen and oxygen atoms in total. The smallest absolute Gasteiger partial charge is 0.158 e. The second kappa shape index (κ2) is 8.82. The Labute approximate surface area is 147 Å². The molecule has 2 rings (SSSR count). The van der Waals surface area contributed by atoms with Gasteiger partial charge >= 0.3 is 0 Å². The van der Waals surface area contributed by atoms with Gasteiger partial charge in [-0.1, -0.05) is 61.8 Å². The van der Waals surface area contributed by atoms with Crippen LogP contribution in [0.5, 0.6) is 0 Å². The molecular weight excluding hydrogens is 316 g/mol. The van der Waals surface area contributed by atoms with E-state index in [1.807, 2.05) is 18.2 Å². The zero-order valence-corrected chi connectivity index (χ0v) is 16.2. The van der Waals surface area contributed by atoms with E-state index in [0.29, 0.717) is 13.0 Å². The van der Waals surface area contributed by atoms with E-state index in [-0.39, 0.29) is 6.29 Å². The number of aryl methyl sites for hydroxylation is 1. The van der Waals surface area contributed by atoms with Crippen molar-refractivity contribution in [1.82, 2.24) is 0 Å². The quantitative estimate of drug-likeness (QED) is 0.629. The summed E-state index contributed by atoms with van der Waals surface area (Å²) in [4.78, 5) is 0. The lowest BCUT2D eigenvalue weighted by Gasteiger charge is -2.34. The summed E-state index contributed by atoms with van der Waals surface area (Å²) in [5.41, 5.74) is 1.24. The fourth-order valence-electron chi connectivity index (χ4n) is 2.75. The summed E-state index contributed by atoms with van der Waals surface area (Å²) in [6.07, 6.45) is 4.57. The van der Waals surface area contributed by atoms with Crippen molar-refractivity contribution in [3.63, 3.8) is 0 Å². The van der Waals surface area contributed by atoms with E-state index in [9.17, 15) is 5.11 Å². The number of aliphatic hydroxyl groups is 1. The summed E-state index contributed by atoms with van der Waals surface area (Å²) < 4.78 is 11.2. The van der Waals surface area contributed by atoms with Crippen molar-refractivity contribution in [3.8, 4) is 11.8 Å². The van der Waals surface area contributed by atoms with Gasteiger partial charge in [0.2, 0.25) is 0 Å². The Bertz CT molecular complexity index is 550. The maximum atomic E-state index is 11.1. The average Bonchev–Trinajstić information content (AvgIpc) is 2.58. The first-order valence-corrected chi connectivity index (χ1v) is 12.4. The second-order valence-electron chi connectivity index (χ2n) is 7.50. The van der Waals surface area contributed by atoms with Crippen molar-refractivity contribution < 1.29 is 14.6 Å². The van der Waals surface area contributed by atoms with Gasteiger partial charge in [0, 0.05) is 6.61 Å². The Kier molecular flexibility index (Phi) is 7.06. The molecule has 132 valence electrons. The molecule has 1 aromatic rings. The van der Waals surface area contributed by atoms with Crippen LogP contribution in [0.2, 0.25) is 19.6 Å². The van der Waals surface area contributed by atoms with Gasteiger partial charge in [-0.25, -0.2) is 0 Å². The zero-order valence-electron chi connectivity index (χ0n) is 15.2. The van der Waals surface area contributed by atoms with Crippen LogP contribution in [0.25, 0.3) is 0 Å². The first kappa shape index (κ1) is 19.2. The molecule has 0 aliphatic carbocycles. The van der Waals surface area contributed by atoms with Crippen LogP contribution in [-0.4, -0.2) is 37.9 Å². The van der Waals surface area contributed by atoms with E-state index in [2.05, 4.69) is 43.6 Å². The highest BCUT2D eigenvalue weighted by molar-refractivity contribution is 6.79. The highest BCUT2D eigenvalue weighted by atomic mass is 28.3. The first-order chi connectivity index (χ1) is 11.4. The molecule has 2 unspecified atom stereocenters. The molecule has 0 amide bonds. The molecule has 0 aromatic heterocycles.